The molecule has 1 saturated carbocycles. The van der Waals surface area contributed by atoms with Crippen LogP contribution in [0.4, 0.5) is 0 Å². The monoisotopic (exact) mass is 444 g/mol. The summed E-state index contributed by atoms with van der Waals surface area (Å²) >= 11 is 0. The standard InChI is InChI=1S/C26H46O4.Na/c1-2-3-4-5-6-7-8-9-10-11-12-13-14-15-16-19-22-30-26(29)24-21-18-17-20-23(24)25(27)28;/h6-7,23-24H,2-5,8-22H2,1H3,(H,27,28);/q;+1/p-1/b7-6+;. The van der Waals surface area contributed by atoms with Crippen LogP contribution in [0.1, 0.15) is 122 Å². The number of carboxylic acid groups (broad SMARTS) is 1. The number of hydrogen-bond donors (Lipinski definition) is 0. The van der Waals surface area contributed by atoms with Crippen LogP contribution in [0, 0.1) is 11.8 Å². The van der Waals surface area contributed by atoms with E-state index in [-0.39, 0.29) is 35.5 Å². The summed E-state index contributed by atoms with van der Waals surface area (Å²) in [6, 6.07) is 0. The van der Waals surface area contributed by atoms with Crippen LogP contribution in [0.15, 0.2) is 12.2 Å². The Hall–Kier alpha value is -0.320. The maximum atomic E-state index is 12.2. The second kappa shape index (κ2) is 21.5. The molecule has 5 heteroatoms. The number of unbranched alkanes of at least 4 members (excludes halogenated alkanes) is 12. The van der Waals surface area contributed by atoms with E-state index in [9.17, 15) is 14.7 Å². The van der Waals surface area contributed by atoms with Gasteiger partial charge in [0.05, 0.1) is 12.5 Å². The molecule has 1 aliphatic carbocycles. The summed E-state index contributed by atoms with van der Waals surface area (Å²) in [5.41, 5.74) is 0. The fourth-order valence-corrected chi connectivity index (χ4v) is 4.32. The molecule has 1 fully saturated rings. The number of carbonyl (C=O) groups is 2. The molecule has 0 spiro atoms. The largest absolute Gasteiger partial charge is 1.00 e. The van der Waals surface area contributed by atoms with Crippen LogP contribution in [0.3, 0.4) is 0 Å². The number of allylic oxidation sites excluding steroid dienone is 2. The van der Waals surface area contributed by atoms with Gasteiger partial charge < -0.3 is 14.6 Å². The van der Waals surface area contributed by atoms with Crippen molar-refractivity contribution in [2.24, 2.45) is 11.8 Å². The topological polar surface area (TPSA) is 66.4 Å². The van der Waals surface area contributed by atoms with Gasteiger partial charge in [-0.15, -0.1) is 0 Å². The second-order valence-electron chi connectivity index (χ2n) is 8.92. The van der Waals surface area contributed by atoms with Crippen LogP contribution in [0.5, 0.6) is 0 Å². The molecule has 0 aromatic heterocycles. The van der Waals surface area contributed by atoms with E-state index in [4.69, 9.17) is 4.74 Å². The number of aliphatic carboxylic acids is 1. The van der Waals surface area contributed by atoms with Crippen molar-refractivity contribution in [2.75, 3.05) is 6.61 Å². The fourth-order valence-electron chi connectivity index (χ4n) is 4.32. The van der Waals surface area contributed by atoms with Crippen molar-refractivity contribution < 1.29 is 49.0 Å². The quantitative estimate of drug-likeness (QED) is 0.141. The van der Waals surface area contributed by atoms with Crippen LogP contribution in [-0.2, 0) is 14.3 Å². The summed E-state index contributed by atoms with van der Waals surface area (Å²) in [5, 5.41) is 11.2. The van der Waals surface area contributed by atoms with Gasteiger partial charge in [-0.25, -0.2) is 0 Å². The summed E-state index contributed by atoms with van der Waals surface area (Å²) in [7, 11) is 0. The molecule has 4 nitrogen and oxygen atoms in total. The smallest absolute Gasteiger partial charge is 0.550 e. The zero-order valence-corrected chi connectivity index (χ0v) is 22.4. The number of hydrogen-bond acceptors (Lipinski definition) is 4. The maximum absolute atomic E-state index is 12.2. The van der Waals surface area contributed by atoms with Crippen LogP contribution in [0.2, 0.25) is 0 Å². The Kier molecular flexibility index (Phi) is 21.3. The summed E-state index contributed by atoms with van der Waals surface area (Å²) in [5.74, 6) is -2.59. The second-order valence-corrected chi connectivity index (χ2v) is 8.92. The molecule has 0 amide bonds. The van der Waals surface area contributed by atoms with Crippen LogP contribution >= 0.6 is 0 Å². The first-order chi connectivity index (χ1) is 14.7. The van der Waals surface area contributed by atoms with Crippen molar-refractivity contribution in [3.8, 4) is 0 Å². The first-order valence-corrected chi connectivity index (χ1v) is 12.7. The molecule has 0 bridgehead atoms. The molecule has 1 rings (SSSR count). The van der Waals surface area contributed by atoms with Crippen molar-refractivity contribution in [1.29, 1.82) is 0 Å². The Morgan fingerprint density at radius 3 is 1.81 bits per heavy atom. The van der Waals surface area contributed by atoms with Gasteiger partial charge in [0, 0.05) is 11.9 Å². The van der Waals surface area contributed by atoms with Crippen molar-refractivity contribution >= 4 is 11.9 Å². The van der Waals surface area contributed by atoms with Gasteiger partial charge in [0.1, 0.15) is 0 Å². The number of rotatable bonds is 18. The van der Waals surface area contributed by atoms with Gasteiger partial charge >= 0.3 is 35.5 Å². The van der Waals surface area contributed by atoms with Crippen LogP contribution < -0.4 is 34.7 Å². The van der Waals surface area contributed by atoms with E-state index in [2.05, 4.69) is 19.1 Å². The van der Waals surface area contributed by atoms with Gasteiger partial charge in [0.15, 0.2) is 0 Å². The minimum absolute atomic E-state index is 0. The number of carbonyl (C=O) groups excluding carboxylic acids is 2. The van der Waals surface area contributed by atoms with Crippen molar-refractivity contribution in [2.45, 2.75) is 122 Å². The molecule has 0 saturated heterocycles. The molecule has 0 heterocycles. The van der Waals surface area contributed by atoms with E-state index >= 15 is 0 Å². The first-order valence-electron chi connectivity index (χ1n) is 12.7. The third-order valence-electron chi connectivity index (χ3n) is 6.27. The van der Waals surface area contributed by atoms with Crippen molar-refractivity contribution in [1.82, 2.24) is 0 Å². The van der Waals surface area contributed by atoms with Crippen molar-refractivity contribution in [3.63, 3.8) is 0 Å². The molecule has 31 heavy (non-hydrogen) atoms. The Labute approximate surface area is 213 Å². The Balaban J connectivity index is 0.00000900. The van der Waals surface area contributed by atoms with Gasteiger partial charge in [-0.2, -0.15) is 0 Å². The molecule has 0 aliphatic heterocycles. The first kappa shape index (κ1) is 30.7. The van der Waals surface area contributed by atoms with Crippen LogP contribution in [0.25, 0.3) is 0 Å². The molecule has 174 valence electrons. The molecule has 0 N–H and O–H groups in total. The van der Waals surface area contributed by atoms with Crippen LogP contribution in [-0.4, -0.2) is 18.5 Å². The molecular weight excluding hydrogens is 399 g/mol. The van der Waals surface area contributed by atoms with Gasteiger partial charge in [-0.1, -0.05) is 89.7 Å². The molecule has 2 atom stereocenters. The summed E-state index contributed by atoms with van der Waals surface area (Å²) in [4.78, 5) is 23.3. The summed E-state index contributed by atoms with van der Waals surface area (Å²) in [6.45, 7) is 2.66. The third kappa shape index (κ3) is 16.0. The average molecular weight is 445 g/mol. The van der Waals surface area contributed by atoms with E-state index < -0.39 is 17.8 Å². The van der Waals surface area contributed by atoms with Gasteiger partial charge in [-0.05, 0) is 44.9 Å². The number of ether oxygens (including phenoxy) is 1. The third-order valence-corrected chi connectivity index (χ3v) is 6.27. The van der Waals surface area contributed by atoms with Gasteiger partial charge in [-0.3, -0.25) is 4.79 Å². The maximum Gasteiger partial charge on any atom is 1.00 e. The SMILES string of the molecule is CCCCC/C=C/CCCCCCCCCCCOC(=O)C1CCCCC1C(=O)[O-].[Na+]. The molecule has 0 aromatic rings. The van der Waals surface area contributed by atoms with E-state index in [1.165, 1.54) is 77.0 Å². The Bertz CT molecular complexity index is 478. The Morgan fingerprint density at radius 1 is 0.774 bits per heavy atom. The zero-order chi connectivity index (χ0) is 21.9. The molecule has 1 aliphatic rings. The fraction of sp³-hybridized carbons (Fsp3) is 0.846. The van der Waals surface area contributed by atoms with Crippen molar-refractivity contribution in [3.05, 3.63) is 12.2 Å². The van der Waals surface area contributed by atoms with E-state index in [1.54, 1.807) is 0 Å². The molecule has 0 aromatic carbocycles. The normalized spacial score (nSPS) is 18.6. The van der Waals surface area contributed by atoms with Gasteiger partial charge in [0.25, 0.3) is 0 Å². The van der Waals surface area contributed by atoms with E-state index in [0.717, 1.165) is 25.7 Å². The van der Waals surface area contributed by atoms with Gasteiger partial charge in [0.2, 0.25) is 0 Å². The number of carboxylic acids is 1. The predicted molar refractivity (Wildman–Crippen MR) is 121 cm³/mol. The summed E-state index contributed by atoms with van der Waals surface area (Å²) < 4.78 is 5.35. The molecule has 0 radical (unpaired) electrons. The summed E-state index contributed by atoms with van der Waals surface area (Å²) in [6.07, 6.45) is 25.1. The van der Waals surface area contributed by atoms with E-state index in [1.807, 2.05) is 0 Å². The van der Waals surface area contributed by atoms with E-state index in [0.29, 0.717) is 19.4 Å². The molecular formula is C26H45NaO4. The minimum atomic E-state index is -1.10. The molecule has 2 unspecified atom stereocenters. The zero-order valence-electron chi connectivity index (χ0n) is 20.4. The minimum Gasteiger partial charge on any atom is -0.550 e. The average Bonchev–Trinajstić information content (AvgIpc) is 2.75. The Morgan fingerprint density at radius 2 is 1.26 bits per heavy atom. The predicted octanol–water partition coefficient (Wildman–Crippen LogP) is 3.13. The number of esters is 1.